The largest absolute Gasteiger partial charge is 0.507 e. The first kappa shape index (κ1) is 30.5. The number of pyridine rings is 1. The number of benzene rings is 5. The van der Waals surface area contributed by atoms with Gasteiger partial charge in [-0.05, 0) is 64.7 Å². The Morgan fingerprint density at radius 3 is 2.09 bits per heavy atom. The fourth-order valence-corrected chi connectivity index (χ4v) is 5.95. The maximum absolute atomic E-state index is 10.7. The van der Waals surface area contributed by atoms with Gasteiger partial charge in [0.2, 0.25) is 0 Å². The van der Waals surface area contributed by atoms with Crippen LogP contribution in [0.1, 0.15) is 50.7 Å². The third kappa shape index (κ3) is 5.60. The molecule has 1 N–H and O–H groups in total. The number of fused-ring (bicyclic) bond motifs is 2. The molecule has 5 aromatic carbocycles. The summed E-state index contributed by atoms with van der Waals surface area (Å²) < 4.78 is 2.28. The second-order valence-electron chi connectivity index (χ2n) is 12.0. The summed E-state index contributed by atoms with van der Waals surface area (Å²) in [5, 5.41) is 12.8. The quantitative estimate of drug-likeness (QED) is 0.172. The van der Waals surface area contributed by atoms with Gasteiger partial charge in [-0.1, -0.05) is 82.3 Å². The first-order valence-corrected chi connectivity index (χ1v) is 15.2. The topological polar surface area (TPSA) is 50.9 Å². The number of nitrogens with zero attached hydrogens (tertiary/aromatic N) is 3. The molecule has 0 atom stereocenters. The number of aromatic hydroxyl groups is 1. The fourth-order valence-electron chi connectivity index (χ4n) is 5.95. The van der Waals surface area contributed by atoms with Crippen molar-refractivity contribution < 1.29 is 26.2 Å². The fraction of sp³-hybridized carbons (Fsp3) is 0.150. The third-order valence-corrected chi connectivity index (χ3v) is 8.36. The summed E-state index contributed by atoms with van der Waals surface area (Å²) >= 11 is 0. The van der Waals surface area contributed by atoms with E-state index in [1.807, 2.05) is 54.6 Å². The van der Waals surface area contributed by atoms with Gasteiger partial charge in [-0.15, -0.1) is 35.9 Å². The van der Waals surface area contributed by atoms with Gasteiger partial charge in [-0.25, -0.2) is 4.98 Å². The van der Waals surface area contributed by atoms with E-state index in [9.17, 15) is 5.11 Å². The predicted octanol–water partition coefficient (Wildman–Crippen LogP) is 10.3. The van der Waals surface area contributed by atoms with E-state index in [4.69, 9.17) is 9.97 Å². The van der Waals surface area contributed by atoms with Crippen molar-refractivity contribution in [3.05, 3.63) is 132 Å². The molecule has 0 bridgehead atoms. The van der Waals surface area contributed by atoms with E-state index in [-0.39, 0.29) is 26.8 Å². The number of rotatable bonds is 6. The molecule has 0 fully saturated rings. The number of phenolic OH excluding ortho intramolecular Hbond substituents is 1. The Hall–Kier alpha value is -4.53. The molecule has 4 nitrogen and oxygen atoms in total. The molecular formula is C40H34N3OPt-. The molecule has 5 heteroatoms. The maximum atomic E-state index is 10.7. The monoisotopic (exact) mass is 767 g/mol. The second kappa shape index (κ2) is 12.5. The van der Waals surface area contributed by atoms with E-state index in [0.29, 0.717) is 17.4 Å². The summed E-state index contributed by atoms with van der Waals surface area (Å²) in [7, 11) is 0. The number of phenols is 1. The maximum Gasteiger partial charge on any atom is 0.124 e. The number of aromatic nitrogens is 3. The first-order valence-electron chi connectivity index (χ1n) is 15.2. The molecule has 0 amide bonds. The molecule has 0 saturated heterocycles. The van der Waals surface area contributed by atoms with Gasteiger partial charge in [0.1, 0.15) is 5.75 Å². The third-order valence-electron chi connectivity index (χ3n) is 8.36. The number of para-hydroxylation sites is 2. The zero-order valence-corrected chi connectivity index (χ0v) is 28.0. The van der Waals surface area contributed by atoms with Crippen molar-refractivity contribution in [2.45, 2.75) is 39.5 Å². The SMILES string of the molecule is CC(C)c1cc(C(C)C)cc(-n2c(-c3[c-]cccc3)nc3c(-c4nc(-c5ccccc5O)cc5ccccc45)cccc32)c1.[Pt]. The van der Waals surface area contributed by atoms with E-state index in [2.05, 4.69) is 92.9 Å². The summed E-state index contributed by atoms with van der Waals surface area (Å²) in [5.41, 5.74) is 9.68. The number of hydrogen-bond acceptors (Lipinski definition) is 3. The summed E-state index contributed by atoms with van der Waals surface area (Å²) in [4.78, 5) is 10.5. The van der Waals surface area contributed by atoms with E-state index in [0.717, 1.165) is 55.8 Å². The molecule has 7 rings (SSSR count). The van der Waals surface area contributed by atoms with Gasteiger partial charge < -0.3 is 9.67 Å². The van der Waals surface area contributed by atoms with Crippen molar-refractivity contribution in [2.24, 2.45) is 0 Å². The van der Waals surface area contributed by atoms with Gasteiger partial charge in [0.25, 0.3) is 0 Å². The molecule has 0 spiro atoms. The van der Waals surface area contributed by atoms with Crippen LogP contribution < -0.4 is 0 Å². The number of imidazole rings is 1. The average molecular weight is 768 g/mol. The molecule has 0 aliphatic carbocycles. The zero-order valence-electron chi connectivity index (χ0n) is 25.7. The van der Waals surface area contributed by atoms with Crippen LogP contribution in [0.3, 0.4) is 0 Å². The Morgan fingerprint density at radius 1 is 0.689 bits per heavy atom. The van der Waals surface area contributed by atoms with Gasteiger partial charge in [0.05, 0.1) is 28.2 Å². The van der Waals surface area contributed by atoms with E-state index < -0.39 is 0 Å². The Bertz CT molecular complexity index is 2120. The molecular weight excluding hydrogens is 734 g/mol. The molecule has 0 saturated carbocycles. The van der Waals surface area contributed by atoms with Crippen LogP contribution >= 0.6 is 0 Å². The number of hydrogen-bond donors (Lipinski definition) is 1. The summed E-state index contributed by atoms with van der Waals surface area (Å²) in [5.74, 6) is 1.82. The van der Waals surface area contributed by atoms with Gasteiger partial charge in [-0.2, -0.15) is 0 Å². The minimum absolute atomic E-state index is 0. The van der Waals surface area contributed by atoms with Crippen LogP contribution in [0.5, 0.6) is 5.75 Å². The van der Waals surface area contributed by atoms with Crippen LogP contribution in [0.2, 0.25) is 0 Å². The van der Waals surface area contributed by atoms with E-state index in [1.165, 1.54) is 11.1 Å². The van der Waals surface area contributed by atoms with Crippen LogP contribution in [0, 0.1) is 6.07 Å². The van der Waals surface area contributed by atoms with Crippen LogP contribution in [-0.4, -0.2) is 19.6 Å². The van der Waals surface area contributed by atoms with Crippen LogP contribution in [0.4, 0.5) is 0 Å². The van der Waals surface area contributed by atoms with E-state index >= 15 is 0 Å². The summed E-state index contributed by atoms with van der Waals surface area (Å²) in [6.45, 7) is 8.97. The average Bonchev–Trinajstić information content (AvgIpc) is 3.45. The molecule has 2 aromatic heterocycles. The van der Waals surface area contributed by atoms with Gasteiger partial charge in [0.15, 0.2) is 0 Å². The Morgan fingerprint density at radius 2 is 1.38 bits per heavy atom. The van der Waals surface area contributed by atoms with Crippen molar-refractivity contribution >= 4 is 21.8 Å². The van der Waals surface area contributed by atoms with Gasteiger partial charge in [-0.3, -0.25) is 4.98 Å². The normalized spacial score (nSPS) is 11.4. The molecule has 45 heavy (non-hydrogen) atoms. The molecule has 2 heterocycles. The molecule has 226 valence electrons. The molecule has 0 aliphatic rings. The van der Waals surface area contributed by atoms with Crippen LogP contribution in [0.25, 0.3) is 61.4 Å². The first-order chi connectivity index (χ1) is 21.4. The summed E-state index contributed by atoms with van der Waals surface area (Å²) in [6.07, 6.45) is 0. The van der Waals surface area contributed by atoms with Crippen LogP contribution in [0.15, 0.2) is 115 Å². The Kier molecular flexibility index (Phi) is 8.44. The van der Waals surface area contributed by atoms with Gasteiger partial charge in [0, 0.05) is 43.3 Å². The Balaban J connectivity index is 0.00000357. The van der Waals surface area contributed by atoms with E-state index in [1.54, 1.807) is 6.07 Å². The summed E-state index contributed by atoms with van der Waals surface area (Å²) in [6, 6.07) is 42.4. The second-order valence-corrected chi connectivity index (χ2v) is 12.0. The predicted molar refractivity (Wildman–Crippen MR) is 181 cm³/mol. The zero-order chi connectivity index (χ0) is 30.4. The van der Waals surface area contributed by atoms with Crippen LogP contribution in [-0.2, 0) is 21.1 Å². The van der Waals surface area contributed by atoms with Crippen molar-refractivity contribution in [3.8, 4) is 45.3 Å². The molecule has 0 radical (unpaired) electrons. The molecule has 0 unspecified atom stereocenters. The standard InChI is InChI=1S/C40H34N3O.Pt/c1-25(2)29-21-30(26(3)4)23-31(22-29)43-36-19-12-18-34(39(36)42-40(43)27-13-6-5-7-14-27)38-32-16-9-8-15-28(32)24-35(41-38)33-17-10-11-20-37(33)44;/h5-13,15-26,44H,1-4H3;/q-1;. The van der Waals surface area contributed by atoms with Crippen molar-refractivity contribution in [2.75, 3.05) is 0 Å². The van der Waals surface area contributed by atoms with Gasteiger partial charge >= 0.3 is 0 Å². The smallest absolute Gasteiger partial charge is 0.124 e. The minimum Gasteiger partial charge on any atom is -0.507 e. The molecule has 0 aliphatic heterocycles. The molecule has 7 aromatic rings. The van der Waals surface area contributed by atoms with Crippen molar-refractivity contribution in [1.82, 2.24) is 14.5 Å². The Labute approximate surface area is 278 Å². The minimum atomic E-state index is 0. The van der Waals surface area contributed by atoms with Crippen molar-refractivity contribution in [3.63, 3.8) is 0 Å². The van der Waals surface area contributed by atoms with Crippen molar-refractivity contribution in [1.29, 1.82) is 0 Å².